The molecule has 3 heteroatoms. The van der Waals surface area contributed by atoms with E-state index in [2.05, 4.69) is 11.7 Å². The molecule has 0 amide bonds. The number of hydrogen-bond acceptors (Lipinski definition) is 3. The van der Waals surface area contributed by atoms with E-state index < -0.39 is 6.16 Å². The summed E-state index contributed by atoms with van der Waals surface area (Å²) in [6, 6.07) is 0. The number of rotatable bonds is 2. The van der Waals surface area contributed by atoms with Crippen molar-refractivity contribution >= 4 is 6.16 Å². The molecular weight excluding hydrogens is 240 g/mol. The van der Waals surface area contributed by atoms with E-state index in [-0.39, 0.29) is 0 Å². The van der Waals surface area contributed by atoms with Crippen LogP contribution < -0.4 is 0 Å². The molecule has 4 rings (SSSR count). The van der Waals surface area contributed by atoms with Gasteiger partial charge >= 0.3 is 6.16 Å². The molecule has 0 heterocycles. The fourth-order valence-electron chi connectivity index (χ4n) is 6.50. The first kappa shape index (κ1) is 12.0. The van der Waals surface area contributed by atoms with Crippen molar-refractivity contribution in [1.29, 1.82) is 0 Å². The molecule has 0 aromatic carbocycles. The van der Waals surface area contributed by atoms with Gasteiger partial charge in [0.25, 0.3) is 0 Å². The zero-order valence-electron chi connectivity index (χ0n) is 11.9. The lowest BCUT2D eigenvalue weighted by Crippen LogP contribution is -2.36. The second-order valence-corrected chi connectivity index (χ2v) is 7.45. The van der Waals surface area contributed by atoms with Crippen LogP contribution in [0.4, 0.5) is 4.79 Å². The van der Waals surface area contributed by atoms with Crippen LogP contribution in [0.3, 0.4) is 0 Å². The largest absolute Gasteiger partial charge is 0.507 e. The van der Waals surface area contributed by atoms with E-state index in [9.17, 15) is 4.79 Å². The standard InChI is InChI=1S/C16H24O3/c1-8-3-9-5-12(8)15-13-6-10(14(9)15)4-11(13)7-19-16(17)18-2/h8-15H,3-7H2,1-2H3. The molecule has 0 N–H and O–H groups in total. The minimum atomic E-state index is -0.513. The van der Waals surface area contributed by atoms with Gasteiger partial charge in [0.15, 0.2) is 0 Å². The molecule has 4 aliphatic rings. The fraction of sp³-hybridized carbons (Fsp3) is 0.938. The van der Waals surface area contributed by atoms with Gasteiger partial charge in [-0.1, -0.05) is 6.92 Å². The molecule has 0 aromatic heterocycles. The maximum Gasteiger partial charge on any atom is 0.507 e. The highest BCUT2D eigenvalue weighted by atomic mass is 16.7. The summed E-state index contributed by atoms with van der Waals surface area (Å²) in [7, 11) is 1.39. The molecule has 0 aliphatic heterocycles. The fourth-order valence-corrected chi connectivity index (χ4v) is 6.50. The van der Waals surface area contributed by atoms with Crippen molar-refractivity contribution in [3.05, 3.63) is 0 Å². The van der Waals surface area contributed by atoms with Crippen molar-refractivity contribution < 1.29 is 14.3 Å². The normalized spacial score (nSPS) is 53.4. The van der Waals surface area contributed by atoms with E-state index in [1.165, 1.54) is 32.8 Å². The molecule has 3 nitrogen and oxygen atoms in total. The Kier molecular flexibility index (Phi) is 2.62. The zero-order valence-corrected chi connectivity index (χ0v) is 11.9. The Morgan fingerprint density at radius 1 is 1.05 bits per heavy atom. The van der Waals surface area contributed by atoms with E-state index in [4.69, 9.17) is 4.74 Å². The van der Waals surface area contributed by atoms with Crippen LogP contribution in [0.15, 0.2) is 0 Å². The van der Waals surface area contributed by atoms with Gasteiger partial charge in [0.2, 0.25) is 0 Å². The van der Waals surface area contributed by atoms with E-state index >= 15 is 0 Å². The van der Waals surface area contributed by atoms with Crippen molar-refractivity contribution in [1.82, 2.24) is 0 Å². The van der Waals surface area contributed by atoms with Crippen LogP contribution in [-0.2, 0) is 9.47 Å². The molecule has 4 fully saturated rings. The Labute approximate surface area is 115 Å². The molecule has 4 saturated carbocycles. The number of fused-ring (bicyclic) bond motifs is 9. The average Bonchev–Trinajstić information content (AvgIpc) is 3.11. The van der Waals surface area contributed by atoms with Gasteiger partial charge in [-0.25, -0.2) is 4.79 Å². The molecule has 106 valence electrons. The predicted molar refractivity (Wildman–Crippen MR) is 70.4 cm³/mol. The average molecular weight is 264 g/mol. The first-order chi connectivity index (χ1) is 9.19. The van der Waals surface area contributed by atoms with Gasteiger partial charge in [-0.3, -0.25) is 0 Å². The van der Waals surface area contributed by atoms with Crippen LogP contribution in [-0.4, -0.2) is 19.9 Å². The van der Waals surface area contributed by atoms with Crippen LogP contribution in [0, 0.1) is 47.3 Å². The van der Waals surface area contributed by atoms with Gasteiger partial charge in [0.05, 0.1) is 13.7 Å². The van der Waals surface area contributed by atoms with Gasteiger partial charge in [-0.2, -0.15) is 0 Å². The van der Waals surface area contributed by atoms with Crippen molar-refractivity contribution in [3.63, 3.8) is 0 Å². The van der Waals surface area contributed by atoms with E-state index in [0.29, 0.717) is 12.5 Å². The number of methoxy groups -OCH3 is 1. The Balaban J connectivity index is 1.46. The van der Waals surface area contributed by atoms with Crippen molar-refractivity contribution in [2.75, 3.05) is 13.7 Å². The first-order valence-electron chi connectivity index (χ1n) is 7.89. The molecule has 0 aromatic rings. The molecule has 0 saturated heterocycles. The topological polar surface area (TPSA) is 35.5 Å². The van der Waals surface area contributed by atoms with Gasteiger partial charge in [0.1, 0.15) is 0 Å². The van der Waals surface area contributed by atoms with Gasteiger partial charge < -0.3 is 9.47 Å². The minimum Gasteiger partial charge on any atom is -0.438 e. The monoisotopic (exact) mass is 264 g/mol. The van der Waals surface area contributed by atoms with Crippen LogP contribution in [0.25, 0.3) is 0 Å². The second-order valence-electron chi connectivity index (χ2n) is 7.45. The minimum absolute atomic E-state index is 0.513. The zero-order chi connectivity index (χ0) is 13.1. The lowest BCUT2D eigenvalue weighted by molar-refractivity contribution is 0.0213. The summed E-state index contributed by atoms with van der Waals surface area (Å²) in [4.78, 5) is 11.1. The predicted octanol–water partition coefficient (Wildman–Crippen LogP) is 3.33. The van der Waals surface area contributed by atoms with E-state index in [0.717, 1.165) is 41.4 Å². The van der Waals surface area contributed by atoms with Crippen LogP contribution >= 0.6 is 0 Å². The van der Waals surface area contributed by atoms with Crippen LogP contribution in [0.1, 0.15) is 32.6 Å². The van der Waals surface area contributed by atoms with Crippen LogP contribution in [0.2, 0.25) is 0 Å². The first-order valence-corrected chi connectivity index (χ1v) is 7.89. The number of carbonyl (C=O) groups is 1. The van der Waals surface area contributed by atoms with Gasteiger partial charge in [-0.05, 0) is 73.0 Å². The summed E-state index contributed by atoms with van der Waals surface area (Å²) < 4.78 is 9.80. The van der Waals surface area contributed by atoms with E-state index in [1.807, 2.05) is 0 Å². The highest BCUT2D eigenvalue weighted by Gasteiger charge is 2.63. The summed E-state index contributed by atoms with van der Waals surface area (Å²) in [6.07, 6.45) is 5.16. The van der Waals surface area contributed by atoms with Gasteiger partial charge in [0, 0.05) is 0 Å². The summed E-state index contributed by atoms with van der Waals surface area (Å²) in [5.74, 6) is 7.30. The molecule has 8 unspecified atom stereocenters. The van der Waals surface area contributed by atoms with Crippen molar-refractivity contribution in [3.8, 4) is 0 Å². The van der Waals surface area contributed by atoms with E-state index in [1.54, 1.807) is 0 Å². The second kappa shape index (κ2) is 4.13. The molecule has 8 atom stereocenters. The highest BCUT2D eigenvalue weighted by molar-refractivity contribution is 5.59. The third kappa shape index (κ3) is 1.59. The number of ether oxygens (including phenoxy) is 2. The third-order valence-corrected chi connectivity index (χ3v) is 6.87. The van der Waals surface area contributed by atoms with Crippen molar-refractivity contribution in [2.24, 2.45) is 47.3 Å². The molecule has 4 bridgehead atoms. The lowest BCUT2D eigenvalue weighted by atomic mass is 9.65. The van der Waals surface area contributed by atoms with Crippen molar-refractivity contribution in [2.45, 2.75) is 32.6 Å². The SMILES string of the molecule is COC(=O)OCC1CC2CC1C1C3CC(CC3C)C21. The Morgan fingerprint density at radius 2 is 1.79 bits per heavy atom. The van der Waals surface area contributed by atoms with Gasteiger partial charge in [-0.15, -0.1) is 0 Å². The Hall–Kier alpha value is -0.730. The summed E-state index contributed by atoms with van der Waals surface area (Å²) in [5, 5.41) is 0. The summed E-state index contributed by atoms with van der Waals surface area (Å²) in [6.45, 7) is 3.04. The molecule has 19 heavy (non-hydrogen) atoms. The quantitative estimate of drug-likeness (QED) is 0.567. The Bertz CT molecular complexity index is 393. The summed E-state index contributed by atoms with van der Waals surface area (Å²) >= 11 is 0. The van der Waals surface area contributed by atoms with Crippen LogP contribution in [0.5, 0.6) is 0 Å². The molecular formula is C16H24O3. The number of hydrogen-bond donors (Lipinski definition) is 0. The maximum absolute atomic E-state index is 11.1. The number of carbonyl (C=O) groups excluding carboxylic acids is 1. The molecule has 4 aliphatic carbocycles. The highest BCUT2D eigenvalue weighted by Crippen LogP contribution is 2.69. The third-order valence-electron chi connectivity index (χ3n) is 6.87. The smallest absolute Gasteiger partial charge is 0.438 e. The molecule has 0 spiro atoms. The molecule has 0 radical (unpaired) electrons. The summed E-state index contributed by atoms with van der Waals surface area (Å²) in [5.41, 5.74) is 0. The lowest BCUT2D eigenvalue weighted by Gasteiger charge is -2.40. The Morgan fingerprint density at radius 3 is 2.58 bits per heavy atom. The maximum atomic E-state index is 11.1.